The third-order valence-electron chi connectivity index (χ3n) is 4.51. The van der Waals surface area contributed by atoms with Crippen LogP contribution in [-0.2, 0) is 20.7 Å². The molecular weight excluding hydrogens is 334 g/mol. The zero-order chi connectivity index (χ0) is 18.5. The quantitative estimate of drug-likeness (QED) is 0.766. The first-order chi connectivity index (χ1) is 12.6. The van der Waals surface area contributed by atoms with Crippen molar-refractivity contribution in [2.75, 3.05) is 13.2 Å². The number of carbonyl (C=O) groups is 2. The van der Waals surface area contributed by atoms with Gasteiger partial charge in [-0.2, -0.15) is 0 Å². The maximum atomic E-state index is 12.6. The summed E-state index contributed by atoms with van der Waals surface area (Å²) >= 11 is 0. The molecule has 2 amide bonds. The standard InChI is InChI=1S/C19H23N3O4/c1-12-15(13(2)26-22-12)9-6-10-20-19(24)18-17(21-16(23)11-25-18)14-7-4-3-5-8-14/h3-5,7-8,17-18H,6,9-11H2,1-2H3,(H,20,24)(H,21,23)/t17-,18+/m1/s1. The van der Waals surface area contributed by atoms with Crippen molar-refractivity contribution in [1.29, 1.82) is 0 Å². The number of carbonyl (C=O) groups excluding carboxylic acids is 2. The number of amides is 2. The lowest BCUT2D eigenvalue weighted by molar-refractivity contribution is -0.148. The molecule has 2 aromatic rings. The van der Waals surface area contributed by atoms with E-state index in [0.29, 0.717) is 6.54 Å². The second kappa shape index (κ2) is 8.14. The molecule has 1 aliphatic heterocycles. The normalized spacial score (nSPS) is 19.8. The molecule has 0 aliphatic carbocycles. The Kier molecular flexibility index (Phi) is 5.68. The summed E-state index contributed by atoms with van der Waals surface area (Å²) in [5, 5.41) is 9.68. The minimum atomic E-state index is -0.742. The van der Waals surface area contributed by atoms with Crippen LogP contribution in [0.5, 0.6) is 0 Å². The van der Waals surface area contributed by atoms with Gasteiger partial charge in [0.1, 0.15) is 12.4 Å². The van der Waals surface area contributed by atoms with E-state index in [4.69, 9.17) is 9.26 Å². The number of hydrogen-bond donors (Lipinski definition) is 2. The molecule has 1 fully saturated rings. The van der Waals surface area contributed by atoms with Crippen molar-refractivity contribution < 1.29 is 18.8 Å². The molecule has 0 bridgehead atoms. The number of morpholine rings is 1. The molecule has 26 heavy (non-hydrogen) atoms. The minimum absolute atomic E-state index is 0.111. The van der Waals surface area contributed by atoms with E-state index in [1.165, 1.54) is 0 Å². The molecule has 1 aromatic carbocycles. The maximum absolute atomic E-state index is 12.6. The lowest BCUT2D eigenvalue weighted by Crippen LogP contribution is -2.52. The van der Waals surface area contributed by atoms with Crippen molar-refractivity contribution in [2.24, 2.45) is 0 Å². The Morgan fingerprint density at radius 3 is 2.77 bits per heavy atom. The summed E-state index contributed by atoms with van der Waals surface area (Å²) in [4.78, 5) is 24.3. The van der Waals surface area contributed by atoms with Gasteiger partial charge in [-0.3, -0.25) is 9.59 Å². The predicted molar refractivity (Wildman–Crippen MR) is 94.4 cm³/mol. The highest BCUT2D eigenvalue weighted by Gasteiger charge is 2.35. The molecule has 3 rings (SSSR count). The predicted octanol–water partition coefficient (Wildman–Crippen LogP) is 1.60. The van der Waals surface area contributed by atoms with Gasteiger partial charge < -0.3 is 19.9 Å². The topological polar surface area (TPSA) is 93.5 Å². The van der Waals surface area contributed by atoms with E-state index in [-0.39, 0.29) is 18.4 Å². The molecular formula is C19H23N3O4. The second-order valence-corrected chi connectivity index (χ2v) is 6.38. The summed E-state index contributed by atoms with van der Waals surface area (Å²) in [5.41, 5.74) is 2.82. The van der Waals surface area contributed by atoms with Crippen molar-refractivity contribution in [3.8, 4) is 0 Å². The lowest BCUT2D eigenvalue weighted by Gasteiger charge is -2.31. The van der Waals surface area contributed by atoms with Crippen LogP contribution in [0.4, 0.5) is 0 Å². The van der Waals surface area contributed by atoms with Crippen LogP contribution in [0.25, 0.3) is 0 Å². The fourth-order valence-electron chi connectivity index (χ4n) is 3.13. The van der Waals surface area contributed by atoms with Gasteiger partial charge in [0.25, 0.3) is 5.91 Å². The molecule has 7 heteroatoms. The molecule has 0 saturated carbocycles. The molecule has 1 saturated heterocycles. The fraction of sp³-hybridized carbons (Fsp3) is 0.421. The Balaban J connectivity index is 1.56. The van der Waals surface area contributed by atoms with Crippen LogP contribution in [0.2, 0.25) is 0 Å². The van der Waals surface area contributed by atoms with Gasteiger partial charge in [-0.05, 0) is 32.3 Å². The first-order valence-corrected chi connectivity index (χ1v) is 8.71. The van der Waals surface area contributed by atoms with E-state index in [1.807, 2.05) is 44.2 Å². The average Bonchev–Trinajstić information content (AvgIpc) is 2.97. The molecule has 1 aromatic heterocycles. The third-order valence-corrected chi connectivity index (χ3v) is 4.51. The zero-order valence-corrected chi connectivity index (χ0v) is 15.0. The largest absolute Gasteiger partial charge is 0.361 e. The SMILES string of the molecule is Cc1noc(C)c1CCCNC(=O)[C@H]1OCC(=O)N[C@@H]1c1ccccc1. The summed E-state index contributed by atoms with van der Waals surface area (Å²) in [6.07, 6.45) is 0.810. The fourth-order valence-corrected chi connectivity index (χ4v) is 3.13. The summed E-state index contributed by atoms with van der Waals surface area (Å²) in [7, 11) is 0. The van der Waals surface area contributed by atoms with Crippen LogP contribution < -0.4 is 10.6 Å². The van der Waals surface area contributed by atoms with Crippen molar-refractivity contribution in [3.05, 3.63) is 52.9 Å². The van der Waals surface area contributed by atoms with E-state index in [9.17, 15) is 9.59 Å². The van der Waals surface area contributed by atoms with Gasteiger partial charge in [0.2, 0.25) is 5.91 Å². The Bertz CT molecular complexity index is 753. The van der Waals surface area contributed by atoms with E-state index in [1.54, 1.807) is 0 Å². The van der Waals surface area contributed by atoms with Gasteiger partial charge in [0, 0.05) is 12.1 Å². The van der Waals surface area contributed by atoms with Crippen molar-refractivity contribution >= 4 is 11.8 Å². The third kappa shape index (κ3) is 4.11. The molecule has 0 unspecified atom stereocenters. The van der Waals surface area contributed by atoms with Gasteiger partial charge in [0.15, 0.2) is 6.10 Å². The lowest BCUT2D eigenvalue weighted by atomic mass is 9.99. The van der Waals surface area contributed by atoms with Gasteiger partial charge in [0.05, 0.1) is 11.7 Å². The van der Waals surface area contributed by atoms with Crippen LogP contribution in [-0.4, -0.2) is 36.2 Å². The number of nitrogens with one attached hydrogen (secondary N) is 2. The Morgan fingerprint density at radius 1 is 1.31 bits per heavy atom. The van der Waals surface area contributed by atoms with Crippen LogP contribution in [0.15, 0.2) is 34.9 Å². The van der Waals surface area contributed by atoms with Crippen molar-refractivity contribution in [3.63, 3.8) is 0 Å². The number of nitrogens with zero attached hydrogens (tertiary/aromatic N) is 1. The molecule has 1 aliphatic rings. The molecule has 2 N–H and O–H groups in total. The van der Waals surface area contributed by atoms with Gasteiger partial charge in [-0.15, -0.1) is 0 Å². The van der Waals surface area contributed by atoms with Crippen molar-refractivity contribution in [2.45, 2.75) is 38.8 Å². The summed E-state index contributed by atoms with van der Waals surface area (Å²) in [5.74, 6) is 0.371. The second-order valence-electron chi connectivity index (χ2n) is 6.38. The average molecular weight is 357 g/mol. The van der Waals surface area contributed by atoms with E-state index < -0.39 is 12.1 Å². The Labute approximate surface area is 152 Å². The highest BCUT2D eigenvalue weighted by molar-refractivity contribution is 5.86. The zero-order valence-electron chi connectivity index (χ0n) is 15.0. The maximum Gasteiger partial charge on any atom is 0.251 e. The van der Waals surface area contributed by atoms with Crippen molar-refractivity contribution in [1.82, 2.24) is 15.8 Å². The highest BCUT2D eigenvalue weighted by Crippen LogP contribution is 2.22. The van der Waals surface area contributed by atoms with E-state index in [2.05, 4.69) is 15.8 Å². The van der Waals surface area contributed by atoms with Crippen LogP contribution in [0.3, 0.4) is 0 Å². The summed E-state index contributed by atoms with van der Waals surface area (Å²) in [6.45, 7) is 4.20. The number of hydrogen-bond acceptors (Lipinski definition) is 5. The van der Waals surface area contributed by atoms with Crippen LogP contribution in [0.1, 0.15) is 35.0 Å². The van der Waals surface area contributed by atoms with Gasteiger partial charge in [-0.25, -0.2) is 0 Å². The smallest absolute Gasteiger partial charge is 0.251 e. The number of aryl methyl sites for hydroxylation is 2. The number of rotatable bonds is 6. The molecule has 2 atom stereocenters. The minimum Gasteiger partial charge on any atom is -0.361 e. The summed E-state index contributed by atoms with van der Waals surface area (Å²) < 4.78 is 10.7. The van der Waals surface area contributed by atoms with Crippen LogP contribution >= 0.6 is 0 Å². The van der Waals surface area contributed by atoms with Gasteiger partial charge >= 0.3 is 0 Å². The Morgan fingerprint density at radius 2 is 2.08 bits per heavy atom. The molecule has 138 valence electrons. The number of ether oxygens (including phenoxy) is 1. The molecule has 0 spiro atoms. The highest BCUT2D eigenvalue weighted by atomic mass is 16.5. The molecule has 0 radical (unpaired) electrons. The van der Waals surface area contributed by atoms with E-state index >= 15 is 0 Å². The first-order valence-electron chi connectivity index (χ1n) is 8.71. The van der Waals surface area contributed by atoms with E-state index in [0.717, 1.165) is 35.4 Å². The monoisotopic (exact) mass is 357 g/mol. The van der Waals surface area contributed by atoms with Gasteiger partial charge in [-0.1, -0.05) is 35.5 Å². The summed E-state index contributed by atoms with van der Waals surface area (Å²) in [6, 6.07) is 8.89. The molecule has 7 nitrogen and oxygen atoms in total. The first kappa shape index (κ1) is 18.1. The van der Waals surface area contributed by atoms with Crippen LogP contribution in [0, 0.1) is 13.8 Å². The number of benzene rings is 1. The molecule has 2 heterocycles. The Hall–Kier alpha value is -2.67. The number of aromatic nitrogens is 1.